The Bertz CT molecular complexity index is 184. The predicted octanol–water partition coefficient (Wildman–Crippen LogP) is -0.613. The molecule has 2 atom stereocenters. The van der Waals surface area contributed by atoms with E-state index in [-0.39, 0.29) is 17.9 Å². The highest BCUT2D eigenvalue weighted by Crippen LogP contribution is 2.15. The van der Waals surface area contributed by atoms with Crippen molar-refractivity contribution in [2.75, 3.05) is 33.7 Å². The van der Waals surface area contributed by atoms with Crippen LogP contribution >= 0.6 is 0 Å². The molecular weight excluding hydrogens is 168 g/mol. The van der Waals surface area contributed by atoms with Crippen molar-refractivity contribution in [2.24, 2.45) is 5.92 Å². The number of carbonyl (C=O) groups excluding carboxylic acids is 1. The van der Waals surface area contributed by atoms with Gasteiger partial charge < -0.3 is 10.0 Å². The molecule has 1 saturated heterocycles. The van der Waals surface area contributed by atoms with Gasteiger partial charge in [-0.05, 0) is 5.92 Å². The van der Waals surface area contributed by atoms with Crippen molar-refractivity contribution in [1.82, 2.24) is 9.80 Å². The number of nitrogens with zero attached hydrogens (tertiary/aromatic N) is 2. The SMILES string of the molecule is CC1CN(CC(=O)N(C)C)CC1O. The lowest BCUT2D eigenvalue weighted by molar-refractivity contribution is -0.129. The van der Waals surface area contributed by atoms with Crippen molar-refractivity contribution < 1.29 is 9.90 Å². The number of aliphatic hydroxyl groups is 1. The number of amides is 1. The summed E-state index contributed by atoms with van der Waals surface area (Å²) in [6.07, 6.45) is -0.269. The fourth-order valence-electron chi connectivity index (χ4n) is 1.51. The molecule has 76 valence electrons. The lowest BCUT2D eigenvalue weighted by Crippen LogP contribution is -2.35. The van der Waals surface area contributed by atoms with Crippen molar-refractivity contribution in [2.45, 2.75) is 13.0 Å². The van der Waals surface area contributed by atoms with E-state index in [1.54, 1.807) is 19.0 Å². The second-order valence-corrected chi connectivity index (χ2v) is 4.03. The number of likely N-dealkylation sites (N-methyl/N-ethyl adjacent to an activating group) is 1. The van der Waals surface area contributed by atoms with Crippen LogP contribution < -0.4 is 0 Å². The molecule has 1 heterocycles. The second-order valence-electron chi connectivity index (χ2n) is 4.03. The molecule has 0 aromatic heterocycles. The van der Waals surface area contributed by atoms with Crippen LogP contribution in [-0.2, 0) is 4.79 Å². The van der Waals surface area contributed by atoms with Gasteiger partial charge in [0.1, 0.15) is 0 Å². The van der Waals surface area contributed by atoms with Gasteiger partial charge in [-0.2, -0.15) is 0 Å². The number of likely N-dealkylation sites (tertiary alicyclic amines) is 1. The van der Waals surface area contributed by atoms with E-state index in [9.17, 15) is 9.90 Å². The van der Waals surface area contributed by atoms with E-state index in [0.29, 0.717) is 13.1 Å². The summed E-state index contributed by atoms with van der Waals surface area (Å²) < 4.78 is 0. The molecule has 4 heteroatoms. The van der Waals surface area contributed by atoms with Crippen molar-refractivity contribution in [1.29, 1.82) is 0 Å². The molecule has 0 aliphatic carbocycles. The van der Waals surface area contributed by atoms with Gasteiger partial charge in [-0.1, -0.05) is 6.92 Å². The molecule has 1 aliphatic heterocycles. The van der Waals surface area contributed by atoms with Gasteiger partial charge in [0.15, 0.2) is 0 Å². The van der Waals surface area contributed by atoms with Crippen molar-refractivity contribution >= 4 is 5.91 Å². The summed E-state index contributed by atoms with van der Waals surface area (Å²) in [5, 5.41) is 9.45. The number of rotatable bonds is 2. The predicted molar refractivity (Wildman–Crippen MR) is 50.3 cm³/mol. The van der Waals surface area contributed by atoms with Crippen LogP contribution in [0.1, 0.15) is 6.92 Å². The maximum atomic E-state index is 11.3. The topological polar surface area (TPSA) is 43.8 Å². The van der Waals surface area contributed by atoms with Gasteiger partial charge in [0, 0.05) is 27.2 Å². The Morgan fingerprint density at radius 2 is 2.15 bits per heavy atom. The Morgan fingerprint density at radius 1 is 1.54 bits per heavy atom. The van der Waals surface area contributed by atoms with E-state index >= 15 is 0 Å². The fraction of sp³-hybridized carbons (Fsp3) is 0.889. The van der Waals surface area contributed by atoms with Gasteiger partial charge in [-0.3, -0.25) is 9.69 Å². The third-order valence-electron chi connectivity index (χ3n) is 2.51. The van der Waals surface area contributed by atoms with E-state index in [1.165, 1.54) is 0 Å². The molecule has 0 aromatic carbocycles. The number of carbonyl (C=O) groups is 1. The molecule has 1 rings (SSSR count). The zero-order chi connectivity index (χ0) is 10.0. The van der Waals surface area contributed by atoms with Crippen LogP contribution in [-0.4, -0.2) is 60.6 Å². The normalized spacial score (nSPS) is 29.2. The first-order chi connectivity index (χ1) is 6.00. The lowest BCUT2D eigenvalue weighted by Gasteiger charge is -2.17. The monoisotopic (exact) mass is 186 g/mol. The molecule has 1 fully saturated rings. The van der Waals surface area contributed by atoms with Crippen LogP contribution in [0.15, 0.2) is 0 Å². The Morgan fingerprint density at radius 3 is 2.54 bits per heavy atom. The molecule has 13 heavy (non-hydrogen) atoms. The molecule has 1 aliphatic rings. The summed E-state index contributed by atoms with van der Waals surface area (Å²) >= 11 is 0. The number of hydrogen-bond acceptors (Lipinski definition) is 3. The van der Waals surface area contributed by atoms with Gasteiger partial charge in [0.05, 0.1) is 12.6 Å². The van der Waals surface area contributed by atoms with Crippen molar-refractivity contribution in [3.8, 4) is 0 Å². The number of β-amino-alcohol motifs (C(OH)–C–C–N with tert-alkyl or cyclic N) is 1. The maximum Gasteiger partial charge on any atom is 0.236 e. The van der Waals surface area contributed by atoms with Crippen LogP contribution in [0.3, 0.4) is 0 Å². The van der Waals surface area contributed by atoms with E-state index in [0.717, 1.165) is 6.54 Å². The Hall–Kier alpha value is -0.610. The lowest BCUT2D eigenvalue weighted by atomic mass is 10.1. The van der Waals surface area contributed by atoms with E-state index < -0.39 is 0 Å². The molecule has 4 nitrogen and oxygen atoms in total. The molecular formula is C9H18N2O2. The maximum absolute atomic E-state index is 11.3. The molecule has 2 unspecified atom stereocenters. The summed E-state index contributed by atoms with van der Waals surface area (Å²) in [6.45, 7) is 3.88. The minimum absolute atomic E-state index is 0.0984. The molecule has 0 bridgehead atoms. The fourth-order valence-corrected chi connectivity index (χ4v) is 1.51. The minimum atomic E-state index is -0.269. The largest absolute Gasteiger partial charge is 0.391 e. The Balaban J connectivity index is 2.36. The number of hydrogen-bond donors (Lipinski definition) is 1. The highest BCUT2D eigenvalue weighted by Gasteiger charge is 2.28. The third-order valence-corrected chi connectivity index (χ3v) is 2.51. The van der Waals surface area contributed by atoms with Gasteiger partial charge in [-0.25, -0.2) is 0 Å². The smallest absolute Gasteiger partial charge is 0.236 e. The summed E-state index contributed by atoms with van der Waals surface area (Å²) in [7, 11) is 3.50. The standard InChI is InChI=1S/C9H18N2O2/c1-7-4-11(5-8(7)12)6-9(13)10(2)3/h7-8,12H,4-6H2,1-3H3. The average molecular weight is 186 g/mol. The minimum Gasteiger partial charge on any atom is -0.391 e. The van der Waals surface area contributed by atoms with Gasteiger partial charge in [0.25, 0.3) is 0 Å². The quantitative estimate of drug-likeness (QED) is 0.625. The highest BCUT2D eigenvalue weighted by atomic mass is 16.3. The second kappa shape index (κ2) is 4.07. The van der Waals surface area contributed by atoms with Gasteiger partial charge >= 0.3 is 0 Å². The molecule has 0 saturated carbocycles. The van der Waals surface area contributed by atoms with Gasteiger partial charge in [0.2, 0.25) is 5.91 Å². The highest BCUT2D eigenvalue weighted by molar-refractivity contribution is 5.77. The van der Waals surface area contributed by atoms with Crippen molar-refractivity contribution in [3.05, 3.63) is 0 Å². The first-order valence-corrected chi connectivity index (χ1v) is 4.61. The Labute approximate surface area is 79.1 Å². The van der Waals surface area contributed by atoms with Crippen LogP contribution in [0.25, 0.3) is 0 Å². The van der Waals surface area contributed by atoms with Gasteiger partial charge in [-0.15, -0.1) is 0 Å². The number of aliphatic hydroxyl groups excluding tert-OH is 1. The summed E-state index contributed by atoms with van der Waals surface area (Å²) in [6, 6.07) is 0. The zero-order valence-electron chi connectivity index (χ0n) is 8.53. The van der Waals surface area contributed by atoms with Crippen LogP contribution in [0.5, 0.6) is 0 Å². The zero-order valence-corrected chi connectivity index (χ0v) is 8.53. The van der Waals surface area contributed by atoms with Crippen LogP contribution in [0, 0.1) is 5.92 Å². The summed E-state index contributed by atoms with van der Waals surface area (Å²) in [4.78, 5) is 14.9. The first-order valence-electron chi connectivity index (χ1n) is 4.61. The van der Waals surface area contributed by atoms with E-state index in [4.69, 9.17) is 0 Å². The van der Waals surface area contributed by atoms with Crippen molar-refractivity contribution in [3.63, 3.8) is 0 Å². The third kappa shape index (κ3) is 2.67. The van der Waals surface area contributed by atoms with E-state index in [1.807, 2.05) is 11.8 Å². The molecule has 0 spiro atoms. The average Bonchev–Trinajstić information content (AvgIpc) is 2.31. The van der Waals surface area contributed by atoms with Crippen LogP contribution in [0.4, 0.5) is 0 Å². The summed E-state index contributed by atoms with van der Waals surface area (Å²) in [5.74, 6) is 0.385. The molecule has 1 N–H and O–H groups in total. The molecule has 0 radical (unpaired) electrons. The first kappa shape index (κ1) is 10.5. The van der Waals surface area contributed by atoms with Crippen LogP contribution in [0.2, 0.25) is 0 Å². The Kier molecular flexibility index (Phi) is 3.27. The van der Waals surface area contributed by atoms with E-state index in [2.05, 4.69) is 0 Å². The summed E-state index contributed by atoms with van der Waals surface area (Å²) in [5.41, 5.74) is 0. The molecule has 1 amide bonds. The molecule has 0 aromatic rings.